The minimum atomic E-state index is -0.975. The first kappa shape index (κ1) is 15.5. The molecule has 0 heterocycles. The second kappa shape index (κ2) is 5.88. The summed E-state index contributed by atoms with van der Waals surface area (Å²) < 4.78 is 0. The van der Waals surface area contributed by atoms with Gasteiger partial charge in [-0.3, -0.25) is 4.79 Å². The predicted molar refractivity (Wildman–Crippen MR) is 81.1 cm³/mol. The van der Waals surface area contributed by atoms with Crippen molar-refractivity contribution in [2.45, 2.75) is 51.5 Å². The van der Waals surface area contributed by atoms with Crippen molar-refractivity contribution >= 4 is 11.9 Å². The van der Waals surface area contributed by atoms with Crippen LogP contribution in [0.1, 0.15) is 44.2 Å². The molecule has 1 aromatic carbocycles. The highest BCUT2D eigenvalue weighted by atomic mass is 16.4. The van der Waals surface area contributed by atoms with E-state index in [-0.39, 0.29) is 11.8 Å². The predicted octanol–water partition coefficient (Wildman–Crippen LogP) is 2.64. The fourth-order valence-corrected chi connectivity index (χ4v) is 2.91. The van der Waals surface area contributed by atoms with Crippen molar-refractivity contribution < 1.29 is 14.7 Å². The molecule has 4 heteroatoms. The summed E-state index contributed by atoms with van der Waals surface area (Å²) in [7, 11) is 0. The first-order chi connectivity index (χ1) is 9.86. The van der Waals surface area contributed by atoms with E-state index in [0.717, 1.165) is 30.4 Å². The summed E-state index contributed by atoms with van der Waals surface area (Å²) in [5.41, 5.74) is 1.57. The second-order valence-electron chi connectivity index (χ2n) is 6.34. The van der Waals surface area contributed by atoms with E-state index < -0.39 is 17.4 Å². The molecule has 2 rings (SSSR count). The second-order valence-corrected chi connectivity index (χ2v) is 6.34. The van der Waals surface area contributed by atoms with Gasteiger partial charge in [0.2, 0.25) is 5.91 Å². The number of hydrogen-bond acceptors (Lipinski definition) is 2. The van der Waals surface area contributed by atoms with Gasteiger partial charge >= 0.3 is 5.97 Å². The molecule has 1 fully saturated rings. The van der Waals surface area contributed by atoms with E-state index >= 15 is 0 Å². The SMILES string of the molecule is Cc1cccc(C2(C(=O)NC(C(=O)O)C(C)C)CCC2)c1. The molecule has 0 aromatic heterocycles. The minimum absolute atomic E-state index is 0.138. The third-order valence-corrected chi connectivity index (χ3v) is 4.43. The molecule has 0 aliphatic heterocycles. The first-order valence-electron chi connectivity index (χ1n) is 7.48. The lowest BCUT2D eigenvalue weighted by atomic mass is 9.63. The van der Waals surface area contributed by atoms with E-state index in [2.05, 4.69) is 5.32 Å². The van der Waals surface area contributed by atoms with Crippen molar-refractivity contribution in [3.63, 3.8) is 0 Å². The molecular formula is C17H23NO3. The van der Waals surface area contributed by atoms with Gasteiger partial charge in [0.1, 0.15) is 6.04 Å². The Balaban J connectivity index is 2.24. The quantitative estimate of drug-likeness (QED) is 0.875. The van der Waals surface area contributed by atoms with Gasteiger partial charge in [-0.05, 0) is 31.2 Å². The summed E-state index contributed by atoms with van der Waals surface area (Å²) in [4.78, 5) is 24.0. The van der Waals surface area contributed by atoms with Crippen molar-refractivity contribution in [3.05, 3.63) is 35.4 Å². The van der Waals surface area contributed by atoms with Crippen LogP contribution in [0.15, 0.2) is 24.3 Å². The highest BCUT2D eigenvalue weighted by Crippen LogP contribution is 2.44. The number of benzene rings is 1. The Bertz CT molecular complexity index is 547. The van der Waals surface area contributed by atoms with Crippen molar-refractivity contribution in [1.82, 2.24) is 5.32 Å². The molecule has 1 atom stereocenters. The van der Waals surface area contributed by atoms with Gasteiger partial charge in [0.25, 0.3) is 0 Å². The molecule has 0 radical (unpaired) electrons. The van der Waals surface area contributed by atoms with Crippen LogP contribution in [-0.2, 0) is 15.0 Å². The lowest BCUT2D eigenvalue weighted by Gasteiger charge is -2.41. The van der Waals surface area contributed by atoms with Crippen LogP contribution in [0.4, 0.5) is 0 Å². The number of rotatable bonds is 5. The first-order valence-corrected chi connectivity index (χ1v) is 7.48. The van der Waals surface area contributed by atoms with Crippen LogP contribution in [0.25, 0.3) is 0 Å². The Morgan fingerprint density at radius 2 is 1.95 bits per heavy atom. The number of aliphatic carboxylic acids is 1. The largest absolute Gasteiger partial charge is 0.480 e. The van der Waals surface area contributed by atoms with Gasteiger partial charge in [0.15, 0.2) is 0 Å². The summed E-state index contributed by atoms with van der Waals surface area (Å²) in [5, 5.41) is 12.0. The number of carboxylic acid groups (broad SMARTS) is 1. The molecule has 114 valence electrons. The van der Waals surface area contributed by atoms with Gasteiger partial charge in [-0.1, -0.05) is 50.1 Å². The summed E-state index contributed by atoms with van der Waals surface area (Å²) in [6.07, 6.45) is 2.57. The Labute approximate surface area is 125 Å². The number of carbonyl (C=O) groups excluding carboxylic acids is 1. The molecular weight excluding hydrogens is 266 g/mol. The molecule has 4 nitrogen and oxygen atoms in total. The van der Waals surface area contributed by atoms with E-state index in [9.17, 15) is 14.7 Å². The third kappa shape index (κ3) is 2.94. The Hall–Kier alpha value is -1.84. The van der Waals surface area contributed by atoms with E-state index in [1.807, 2.05) is 31.2 Å². The summed E-state index contributed by atoms with van der Waals surface area (Å²) >= 11 is 0. The highest BCUT2D eigenvalue weighted by Gasteiger charge is 2.46. The normalized spacial score (nSPS) is 17.9. The molecule has 0 spiro atoms. The number of carboxylic acids is 1. The van der Waals surface area contributed by atoms with Gasteiger partial charge < -0.3 is 10.4 Å². The summed E-state index contributed by atoms with van der Waals surface area (Å²) in [6.45, 7) is 5.61. The number of hydrogen-bond donors (Lipinski definition) is 2. The zero-order valence-electron chi connectivity index (χ0n) is 12.8. The topological polar surface area (TPSA) is 66.4 Å². The van der Waals surface area contributed by atoms with Crippen LogP contribution in [0, 0.1) is 12.8 Å². The molecule has 0 bridgehead atoms. The van der Waals surface area contributed by atoms with Gasteiger partial charge in [-0.2, -0.15) is 0 Å². The van der Waals surface area contributed by atoms with E-state index in [0.29, 0.717) is 0 Å². The molecule has 1 aliphatic rings. The molecule has 1 saturated carbocycles. The standard InChI is InChI=1S/C17H23NO3/c1-11(2)14(15(19)20)18-16(21)17(8-5-9-17)13-7-4-6-12(3)10-13/h4,6-7,10-11,14H,5,8-9H2,1-3H3,(H,18,21)(H,19,20). The molecule has 1 aromatic rings. The van der Waals surface area contributed by atoms with Gasteiger partial charge in [0, 0.05) is 0 Å². The van der Waals surface area contributed by atoms with Crippen molar-refractivity contribution in [2.75, 3.05) is 0 Å². The number of carbonyl (C=O) groups is 2. The monoisotopic (exact) mass is 289 g/mol. The number of aryl methyl sites for hydroxylation is 1. The average molecular weight is 289 g/mol. The van der Waals surface area contributed by atoms with Crippen LogP contribution in [0.5, 0.6) is 0 Å². The minimum Gasteiger partial charge on any atom is -0.480 e. The molecule has 0 saturated heterocycles. The maximum atomic E-state index is 12.7. The lowest BCUT2D eigenvalue weighted by Crippen LogP contribution is -2.55. The third-order valence-electron chi connectivity index (χ3n) is 4.43. The molecule has 1 amide bonds. The maximum Gasteiger partial charge on any atom is 0.326 e. The van der Waals surface area contributed by atoms with E-state index in [1.54, 1.807) is 13.8 Å². The Morgan fingerprint density at radius 3 is 2.38 bits per heavy atom. The van der Waals surface area contributed by atoms with Crippen LogP contribution in [0.2, 0.25) is 0 Å². The van der Waals surface area contributed by atoms with Crippen LogP contribution in [0.3, 0.4) is 0 Å². The summed E-state index contributed by atoms with van der Waals surface area (Å²) in [5.74, 6) is -1.27. The highest BCUT2D eigenvalue weighted by molar-refractivity contribution is 5.92. The molecule has 1 aliphatic carbocycles. The van der Waals surface area contributed by atoms with Crippen LogP contribution >= 0.6 is 0 Å². The fraction of sp³-hybridized carbons (Fsp3) is 0.529. The van der Waals surface area contributed by atoms with E-state index in [1.165, 1.54) is 0 Å². The summed E-state index contributed by atoms with van der Waals surface area (Å²) in [6, 6.07) is 7.12. The van der Waals surface area contributed by atoms with Gasteiger partial charge in [0.05, 0.1) is 5.41 Å². The van der Waals surface area contributed by atoms with Gasteiger partial charge in [-0.25, -0.2) is 4.79 Å². The number of amides is 1. The lowest BCUT2D eigenvalue weighted by molar-refractivity contribution is -0.144. The zero-order valence-corrected chi connectivity index (χ0v) is 12.8. The fourth-order valence-electron chi connectivity index (χ4n) is 2.91. The van der Waals surface area contributed by atoms with E-state index in [4.69, 9.17) is 0 Å². The molecule has 2 N–H and O–H groups in total. The number of nitrogens with one attached hydrogen (secondary N) is 1. The average Bonchev–Trinajstić information content (AvgIpc) is 2.34. The van der Waals surface area contributed by atoms with Gasteiger partial charge in [-0.15, -0.1) is 0 Å². The van der Waals surface area contributed by atoms with Crippen molar-refractivity contribution in [1.29, 1.82) is 0 Å². The van der Waals surface area contributed by atoms with Crippen molar-refractivity contribution in [3.8, 4) is 0 Å². The molecule has 21 heavy (non-hydrogen) atoms. The Morgan fingerprint density at radius 1 is 1.29 bits per heavy atom. The van der Waals surface area contributed by atoms with Crippen molar-refractivity contribution in [2.24, 2.45) is 5.92 Å². The maximum absolute atomic E-state index is 12.7. The smallest absolute Gasteiger partial charge is 0.326 e. The molecule has 1 unspecified atom stereocenters. The zero-order chi connectivity index (χ0) is 15.6. The van der Waals surface area contributed by atoms with Crippen LogP contribution in [-0.4, -0.2) is 23.0 Å². The van der Waals surface area contributed by atoms with Crippen LogP contribution < -0.4 is 5.32 Å². The Kier molecular flexibility index (Phi) is 4.35.